The Morgan fingerprint density at radius 1 is 1.11 bits per heavy atom. The second kappa shape index (κ2) is 6.94. The second-order valence-corrected chi connectivity index (χ2v) is 7.22. The average molecular weight is 379 g/mol. The maximum atomic E-state index is 12.6. The van der Waals surface area contributed by atoms with E-state index in [0.29, 0.717) is 12.6 Å². The minimum absolute atomic E-state index is 0.222. The molecular formula is C18H20F3N5O. The quantitative estimate of drug-likeness (QED) is 0.820. The summed E-state index contributed by atoms with van der Waals surface area (Å²) in [5.41, 5.74) is 0.574. The third-order valence-electron chi connectivity index (χ3n) is 5.37. The van der Waals surface area contributed by atoms with E-state index in [0.717, 1.165) is 63.0 Å². The maximum absolute atomic E-state index is 12.6. The Bertz CT molecular complexity index is 887. The smallest absolute Gasteiger partial charge is 0.355 e. The molecule has 27 heavy (non-hydrogen) atoms. The van der Waals surface area contributed by atoms with Gasteiger partial charge in [-0.1, -0.05) is 0 Å². The fourth-order valence-corrected chi connectivity index (χ4v) is 3.81. The molecule has 1 fully saturated rings. The Morgan fingerprint density at radius 2 is 1.89 bits per heavy atom. The van der Waals surface area contributed by atoms with Gasteiger partial charge in [0.2, 0.25) is 0 Å². The van der Waals surface area contributed by atoms with Crippen LogP contribution in [0.2, 0.25) is 0 Å². The van der Waals surface area contributed by atoms with Gasteiger partial charge in [-0.25, -0.2) is 4.98 Å². The van der Waals surface area contributed by atoms with Crippen molar-refractivity contribution in [1.82, 2.24) is 19.7 Å². The summed E-state index contributed by atoms with van der Waals surface area (Å²) < 4.78 is 39.1. The van der Waals surface area contributed by atoms with Gasteiger partial charge in [-0.2, -0.15) is 18.3 Å². The highest BCUT2D eigenvalue weighted by molar-refractivity contribution is 5.43. The first-order valence-corrected chi connectivity index (χ1v) is 9.14. The molecule has 1 aliphatic heterocycles. The molecule has 2 aliphatic rings. The Kier molecular flexibility index (Phi) is 4.61. The number of hydrogen-bond acceptors (Lipinski definition) is 5. The Balaban J connectivity index is 1.38. The summed E-state index contributed by atoms with van der Waals surface area (Å²) in [6.07, 6.45) is 1.27. The van der Waals surface area contributed by atoms with Gasteiger partial charge in [-0.3, -0.25) is 9.36 Å². The van der Waals surface area contributed by atoms with Crippen molar-refractivity contribution in [2.45, 2.75) is 44.8 Å². The largest absolute Gasteiger partial charge is 0.433 e. The van der Waals surface area contributed by atoms with Gasteiger partial charge in [-0.15, -0.1) is 5.10 Å². The van der Waals surface area contributed by atoms with Gasteiger partial charge in [-0.05, 0) is 49.7 Å². The first kappa shape index (κ1) is 17.9. The zero-order valence-electron chi connectivity index (χ0n) is 14.7. The van der Waals surface area contributed by atoms with Gasteiger partial charge in [0.25, 0.3) is 5.56 Å². The van der Waals surface area contributed by atoms with Crippen LogP contribution in [0.3, 0.4) is 0 Å². The normalized spacial score (nSPS) is 18.0. The number of piperidine rings is 1. The van der Waals surface area contributed by atoms with Crippen molar-refractivity contribution in [2.75, 3.05) is 18.0 Å². The highest BCUT2D eigenvalue weighted by Crippen LogP contribution is 2.27. The van der Waals surface area contributed by atoms with Crippen molar-refractivity contribution in [1.29, 1.82) is 0 Å². The van der Waals surface area contributed by atoms with Crippen LogP contribution in [0.4, 0.5) is 19.0 Å². The summed E-state index contributed by atoms with van der Waals surface area (Å²) in [6, 6.07) is 2.69. The molecule has 2 aromatic rings. The first-order valence-electron chi connectivity index (χ1n) is 9.14. The zero-order valence-corrected chi connectivity index (χ0v) is 14.7. The van der Waals surface area contributed by atoms with Gasteiger partial charge in [0, 0.05) is 25.7 Å². The SMILES string of the molecule is O=c1cc(C(F)(F)F)ncn1CC1CCN(c2cc3c(nn2)CCC3)CC1. The Morgan fingerprint density at radius 3 is 2.59 bits per heavy atom. The number of nitrogens with zero attached hydrogens (tertiary/aromatic N) is 5. The van der Waals surface area contributed by atoms with Gasteiger partial charge < -0.3 is 4.90 Å². The lowest BCUT2D eigenvalue weighted by Gasteiger charge is -2.32. The number of anilines is 1. The van der Waals surface area contributed by atoms with Gasteiger partial charge in [0.05, 0.1) is 12.0 Å². The van der Waals surface area contributed by atoms with Crippen LogP contribution in [0.1, 0.15) is 36.2 Å². The second-order valence-electron chi connectivity index (χ2n) is 7.22. The van der Waals surface area contributed by atoms with Crippen LogP contribution in [0.5, 0.6) is 0 Å². The highest BCUT2D eigenvalue weighted by atomic mass is 19.4. The molecule has 4 rings (SSSR count). The van der Waals surface area contributed by atoms with Crippen LogP contribution in [-0.2, 0) is 25.6 Å². The number of hydrogen-bond donors (Lipinski definition) is 0. The topological polar surface area (TPSA) is 63.9 Å². The third kappa shape index (κ3) is 3.81. The zero-order chi connectivity index (χ0) is 19.0. The molecule has 0 bridgehead atoms. The van der Waals surface area contributed by atoms with E-state index >= 15 is 0 Å². The number of alkyl halides is 3. The van der Waals surface area contributed by atoms with E-state index in [1.165, 1.54) is 10.1 Å². The van der Waals surface area contributed by atoms with E-state index in [-0.39, 0.29) is 5.92 Å². The van der Waals surface area contributed by atoms with Crippen LogP contribution in [0.15, 0.2) is 23.3 Å². The number of fused-ring (bicyclic) bond motifs is 1. The van der Waals surface area contributed by atoms with Crippen molar-refractivity contribution >= 4 is 5.82 Å². The summed E-state index contributed by atoms with van der Waals surface area (Å²) >= 11 is 0. The highest BCUT2D eigenvalue weighted by Gasteiger charge is 2.33. The lowest BCUT2D eigenvalue weighted by atomic mass is 9.96. The number of rotatable bonds is 3. The lowest BCUT2D eigenvalue weighted by Crippen LogP contribution is -2.37. The molecule has 6 nitrogen and oxygen atoms in total. The predicted octanol–water partition coefficient (Wildman–Crippen LogP) is 2.46. The van der Waals surface area contributed by atoms with Crippen LogP contribution < -0.4 is 10.5 Å². The maximum Gasteiger partial charge on any atom is 0.433 e. The molecule has 1 saturated heterocycles. The van der Waals surface area contributed by atoms with Crippen LogP contribution in [0, 0.1) is 5.92 Å². The molecule has 144 valence electrons. The lowest BCUT2D eigenvalue weighted by molar-refractivity contribution is -0.141. The fraction of sp³-hybridized carbons (Fsp3) is 0.556. The molecule has 9 heteroatoms. The molecule has 0 spiro atoms. The van der Waals surface area contributed by atoms with Crippen LogP contribution in [-0.4, -0.2) is 32.8 Å². The van der Waals surface area contributed by atoms with Crippen molar-refractivity contribution in [3.63, 3.8) is 0 Å². The number of aryl methyl sites for hydroxylation is 2. The van der Waals surface area contributed by atoms with E-state index in [2.05, 4.69) is 26.1 Å². The van der Waals surface area contributed by atoms with Crippen LogP contribution >= 0.6 is 0 Å². The van der Waals surface area contributed by atoms with Crippen molar-refractivity contribution in [2.24, 2.45) is 5.92 Å². The molecule has 0 unspecified atom stereocenters. The number of aromatic nitrogens is 4. The Hall–Kier alpha value is -2.45. The third-order valence-corrected chi connectivity index (χ3v) is 5.37. The monoisotopic (exact) mass is 379 g/mol. The molecule has 0 atom stereocenters. The van der Waals surface area contributed by atoms with Crippen LogP contribution in [0.25, 0.3) is 0 Å². The first-order chi connectivity index (χ1) is 12.9. The average Bonchev–Trinajstić information content (AvgIpc) is 3.11. The van der Waals surface area contributed by atoms with E-state index < -0.39 is 17.4 Å². The molecule has 1 aliphatic carbocycles. The minimum Gasteiger partial charge on any atom is -0.355 e. The van der Waals surface area contributed by atoms with E-state index in [1.54, 1.807) is 0 Å². The van der Waals surface area contributed by atoms with Crippen molar-refractivity contribution < 1.29 is 13.2 Å². The van der Waals surface area contributed by atoms with Crippen molar-refractivity contribution in [3.05, 3.63) is 45.8 Å². The molecular weight excluding hydrogens is 359 g/mol. The fourth-order valence-electron chi connectivity index (χ4n) is 3.81. The molecule has 0 saturated carbocycles. The number of halogens is 3. The minimum atomic E-state index is -4.60. The molecule has 0 amide bonds. The Labute approximate surface area is 154 Å². The van der Waals surface area contributed by atoms with E-state index in [1.807, 2.05) is 0 Å². The van der Waals surface area contributed by atoms with E-state index in [9.17, 15) is 18.0 Å². The van der Waals surface area contributed by atoms with Gasteiger partial charge >= 0.3 is 6.18 Å². The molecule has 0 aromatic carbocycles. The molecule has 2 aromatic heterocycles. The summed E-state index contributed by atoms with van der Waals surface area (Å²) in [5, 5.41) is 8.66. The molecule has 0 N–H and O–H groups in total. The molecule has 3 heterocycles. The van der Waals surface area contributed by atoms with Crippen molar-refractivity contribution in [3.8, 4) is 0 Å². The summed E-state index contributed by atoms with van der Waals surface area (Å²) in [6.45, 7) is 1.97. The van der Waals surface area contributed by atoms with Gasteiger partial charge in [0.1, 0.15) is 0 Å². The molecule has 0 radical (unpaired) electrons. The standard InChI is InChI=1S/C18H20F3N5O/c19-18(20,21)15-9-17(27)26(11-22-15)10-12-4-6-25(7-5-12)16-8-13-2-1-3-14(13)23-24-16/h8-9,11-12H,1-7,10H2. The van der Waals surface area contributed by atoms with Gasteiger partial charge in [0.15, 0.2) is 11.5 Å². The van der Waals surface area contributed by atoms with E-state index in [4.69, 9.17) is 0 Å². The summed E-state index contributed by atoms with van der Waals surface area (Å²) in [5.74, 6) is 1.11. The summed E-state index contributed by atoms with van der Waals surface area (Å²) in [4.78, 5) is 17.5. The summed E-state index contributed by atoms with van der Waals surface area (Å²) in [7, 11) is 0. The predicted molar refractivity (Wildman–Crippen MR) is 92.5 cm³/mol.